The molecule has 1 fully saturated rings. The van der Waals surface area contributed by atoms with Gasteiger partial charge in [-0.25, -0.2) is 4.98 Å². The van der Waals surface area contributed by atoms with Crippen molar-refractivity contribution in [2.24, 2.45) is 5.92 Å². The van der Waals surface area contributed by atoms with Crippen LogP contribution < -0.4 is 5.32 Å². The molecule has 1 aromatic carbocycles. The van der Waals surface area contributed by atoms with Gasteiger partial charge in [-0.2, -0.15) is 0 Å². The van der Waals surface area contributed by atoms with Crippen LogP contribution in [0.15, 0.2) is 28.7 Å². The number of aryl methyl sites for hydroxylation is 1. The molecule has 6 nitrogen and oxygen atoms in total. The summed E-state index contributed by atoms with van der Waals surface area (Å²) in [7, 11) is 1.66. The van der Waals surface area contributed by atoms with Gasteiger partial charge in [-0.3, -0.25) is 9.59 Å². The minimum absolute atomic E-state index is 0.0406. The van der Waals surface area contributed by atoms with Gasteiger partial charge in [0, 0.05) is 38.9 Å². The van der Waals surface area contributed by atoms with E-state index in [1.165, 1.54) is 0 Å². The van der Waals surface area contributed by atoms with Crippen LogP contribution in [-0.2, 0) is 16.0 Å². The third kappa shape index (κ3) is 3.75. The molecule has 1 N–H and O–H groups in total. The Kier molecular flexibility index (Phi) is 5.13. The highest BCUT2D eigenvalue weighted by molar-refractivity contribution is 5.79. The molecule has 0 bridgehead atoms. The number of amides is 2. The Balaban J connectivity index is 1.43. The number of hydrogen-bond acceptors (Lipinski definition) is 4. The predicted octanol–water partition coefficient (Wildman–Crippen LogP) is 2.14. The van der Waals surface area contributed by atoms with Gasteiger partial charge in [0.2, 0.25) is 11.8 Å². The third-order valence-electron chi connectivity index (χ3n) is 4.58. The number of nitrogens with zero attached hydrogens (tertiary/aromatic N) is 2. The first-order valence-electron chi connectivity index (χ1n) is 8.51. The first-order valence-corrected chi connectivity index (χ1v) is 8.51. The van der Waals surface area contributed by atoms with Crippen LogP contribution in [0.4, 0.5) is 0 Å². The van der Waals surface area contributed by atoms with Crippen molar-refractivity contribution in [2.45, 2.75) is 32.1 Å². The quantitative estimate of drug-likeness (QED) is 0.912. The van der Waals surface area contributed by atoms with Crippen molar-refractivity contribution in [3.8, 4) is 0 Å². The highest BCUT2D eigenvalue weighted by Gasteiger charge is 2.26. The Morgan fingerprint density at radius 1 is 1.29 bits per heavy atom. The lowest BCUT2D eigenvalue weighted by atomic mass is 9.95. The summed E-state index contributed by atoms with van der Waals surface area (Å²) >= 11 is 0. The van der Waals surface area contributed by atoms with Crippen molar-refractivity contribution in [1.29, 1.82) is 0 Å². The molecule has 0 unspecified atom stereocenters. The summed E-state index contributed by atoms with van der Waals surface area (Å²) in [5, 5.41) is 2.68. The molecule has 2 aromatic rings. The van der Waals surface area contributed by atoms with Crippen LogP contribution in [-0.4, -0.2) is 41.8 Å². The van der Waals surface area contributed by atoms with Crippen LogP contribution in [0.5, 0.6) is 0 Å². The number of carbonyl (C=O) groups excluding carboxylic acids is 2. The lowest BCUT2D eigenvalue weighted by molar-refractivity contribution is -0.135. The summed E-state index contributed by atoms with van der Waals surface area (Å²) in [6, 6.07) is 7.67. The van der Waals surface area contributed by atoms with Crippen molar-refractivity contribution in [1.82, 2.24) is 15.2 Å². The molecule has 2 amide bonds. The van der Waals surface area contributed by atoms with Gasteiger partial charge in [0.15, 0.2) is 11.5 Å². The standard InChI is InChI=1S/C18H23N3O3/c1-19-18(23)13-9-11-21(12-10-13)17(22)8-4-7-16-20-14-5-2-3-6-15(14)24-16/h2-3,5-6,13H,4,7-12H2,1H3,(H,19,23). The second kappa shape index (κ2) is 7.47. The maximum Gasteiger partial charge on any atom is 0.222 e. The third-order valence-corrected chi connectivity index (χ3v) is 4.58. The Morgan fingerprint density at radius 3 is 2.75 bits per heavy atom. The summed E-state index contributed by atoms with van der Waals surface area (Å²) < 4.78 is 5.67. The molecule has 0 radical (unpaired) electrons. The number of aromatic nitrogens is 1. The summed E-state index contributed by atoms with van der Waals surface area (Å²) in [4.78, 5) is 30.2. The normalized spacial score (nSPS) is 15.6. The van der Waals surface area contributed by atoms with Gasteiger partial charge in [0.05, 0.1) is 0 Å². The molecule has 6 heteroatoms. The molecule has 0 saturated carbocycles. The number of piperidine rings is 1. The zero-order valence-corrected chi connectivity index (χ0v) is 14.0. The van der Waals surface area contributed by atoms with Gasteiger partial charge >= 0.3 is 0 Å². The Hall–Kier alpha value is -2.37. The van der Waals surface area contributed by atoms with Crippen LogP contribution in [0.1, 0.15) is 31.6 Å². The van der Waals surface area contributed by atoms with Crippen LogP contribution in [0.2, 0.25) is 0 Å². The lowest BCUT2D eigenvalue weighted by Gasteiger charge is -2.31. The number of rotatable bonds is 5. The van der Waals surface area contributed by atoms with Gasteiger partial charge in [-0.15, -0.1) is 0 Å². The highest BCUT2D eigenvalue weighted by Crippen LogP contribution is 2.19. The average Bonchev–Trinajstić information content (AvgIpc) is 3.03. The first kappa shape index (κ1) is 16.5. The van der Waals surface area contributed by atoms with Crippen molar-refractivity contribution in [2.75, 3.05) is 20.1 Å². The van der Waals surface area contributed by atoms with Crippen molar-refractivity contribution >= 4 is 22.9 Å². The molecule has 128 valence electrons. The number of likely N-dealkylation sites (tertiary alicyclic amines) is 1. The summed E-state index contributed by atoms with van der Waals surface area (Å²) in [6.45, 7) is 1.33. The minimum atomic E-state index is 0.0406. The smallest absolute Gasteiger partial charge is 0.222 e. The Labute approximate surface area is 141 Å². The van der Waals surface area contributed by atoms with E-state index in [2.05, 4.69) is 10.3 Å². The fourth-order valence-electron chi connectivity index (χ4n) is 3.17. The molecule has 0 atom stereocenters. The zero-order chi connectivity index (χ0) is 16.9. The molecule has 1 aliphatic rings. The fraction of sp³-hybridized carbons (Fsp3) is 0.500. The van der Waals surface area contributed by atoms with Gasteiger partial charge in [-0.1, -0.05) is 12.1 Å². The van der Waals surface area contributed by atoms with Crippen LogP contribution in [0.3, 0.4) is 0 Å². The maximum atomic E-state index is 12.3. The SMILES string of the molecule is CNC(=O)C1CCN(C(=O)CCCc2nc3ccccc3o2)CC1. The zero-order valence-electron chi connectivity index (χ0n) is 14.0. The maximum absolute atomic E-state index is 12.3. The Morgan fingerprint density at radius 2 is 2.04 bits per heavy atom. The molecular weight excluding hydrogens is 306 g/mol. The molecule has 1 aliphatic heterocycles. The summed E-state index contributed by atoms with van der Waals surface area (Å²) in [6.07, 6.45) is 3.37. The molecule has 3 rings (SSSR count). The molecule has 1 aromatic heterocycles. The van der Waals surface area contributed by atoms with E-state index in [0.29, 0.717) is 31.8 Å². The summed E-state index contributed by atoms with van der Waals surface area (Å²) in [5.74, 6) is 0.959. The highest BCUT2D eigenvalue weighted by atomic mass is 16.3. The predicted molar refractivity (Wildman–Crippen MR) is 90.3 cm³/mol. The number of oxazole rings is 1. The van der Waals surface area contributed by atoms with E-state index in [9.17, 15) is 9.59 Å². The number of carbonyl (C=O) groups is 2. The number of fused-ring (bicyclic) bond motifs is 1. The van der Waals surface area contributed by atoms with E-state index in [4.69, 9.17) is 4.42 Å². The van der Waals surface area contributed by atoms with Crippen LogP contribution >= 0.6 is 0 Å². The molecule has 2 heterocycles. The largest absolute Gasteiger partial charge is 0.441 e. The van der Waals surface area contributed by atoms with Crippen molar-refractivity contribution in [3.63, 3.8) is 0 Å². The monoisotopic (exact) mass is 329 g/mol. The van der Waals surface area contributed by atoms with Crippen LogP contribution in [0, 0.1) is 5.92 Å². The van der Waals surface area contributed by atoms with E-state index in [1.54, 1.807) is 7.05 Å². The van der Waals surface area contributed by atoms with Crippen molar-refractivity contribution in [3.05, 3.63) is 30.2 Å². The average molecular weight is 329 g/mol. The number of hydrogen-bond donors (Lipinski definition) is 1. The van der Waals surface area contributed by atoms with E-state index in [0.717, 1.165) is 30.4 Å². The number of para-hydroxylation sites is 2. The minimum Gasteiger partial charge on any atom is -0.441 e. The van der Waals surface area contributed by atoms with Gasteiger partial charge in [0.25, 0.3) is 0 Å². The lowest BCUT2D eigenvalue weighted by Crippen LogP contribution is -2.42. The number of benzene rings is 1. The molecule has 24 heavy (non-hydrogen) atoms. The molecular formula is C18H23N3O3. The Bertz CT molecular complexity index is 684. The van der Waals surface area contributed by atoms with E-state index >= 15 is 0 Å². The fourth-order valence-corrected chi connectivity index (χ4v) is 3.17. The van der Waals surface area contributed by atoms with Gasteiger partial charge < -0.3 is 14.6 Å². The molecule has 0 spiro atoms. The topological polar surface area (TPSA) is 75.4 Å². The second-order valence-electron chi connectivity index (χ2n) is 6.20. The van der Waals surface area contributed by atoms with Gasteiger partial charge in [0.1, 0.15) is 5.52 Å². The van der Waals surface area contributed by atoms with E-state index < -0.39 is 0 Å². The van der Waals surface area contributed by atoms with Gasteiger partial charge in [-0.05, 0) is 31.4 Å². The van der Waals surface area contributed by atoms with E-state index in [-0.39, 0.29) is 17.7 Å². The van der Waals surface area contributed by atoms with Crippen LogP contribution in [0.25, 0.3) is 11.1 Å². The second-order valence-corrected chi connectivity index (χ2v) is 6.20. The van der Waals surface area contributed by atoms with Crippen molar-refractivity contribution < 1.29 is 14.0 Å². The molecule has 1 saturated heterocycles. The number of nitrogens with one attached hydrogen (secondary N) is 1. The summed E-state index contributed by atoms with van der Waals surface area (Å²) in [5.41, 5.74) is 1.64. The molecule has 0 aliphatic carbocycles. The first-order chi connectivity index (χ1) is 11.7. The van der Waals surface area contributed by atoms with E-state index in [1.807, 2.05) is 29.2 Å².